The largest absolute Gasteiger partial charge is 0.460 e. The van der Waals surface area contributed by atoms with Gasteiger partial charge in [0.25, 0.3) is 0 Å². The maximum absolute atomic E-state index is 13.4. The highest BCUT2D eigenvalue weighted by Gasteiger charge is 2.19. The van der Waals surface area contributed by atoms with E-state index in [1.54, 1.807) is 18.2 Å². The van der Waals surface area contributed by atoms with Crippen molar-refractivity contribution in [1.29, 1.82) is 0 Å². The van der Waals surface area contributed by atoms with Crippen LogP contribution >= 0.6 is 0 Å². The van der Waals surface area contributed by atoms with Crippen LogP contribution < -0.4 is 0 Å². The van der Waals surface area contributed by atoms with Gasteiger partial charge in [-0.2, -0.15) is 0 Å². The van der Waals surface area contributed by atoms with Gasteiger partial charge in [0, 0.05) is 23.3 Å². The number of fused-ring (bicyclic) bond motifs is 1. The summed E-state index contributed by atoms with van der Waals surface area (Å²) in [6, 6.07) is 12.1. The van der Waals surface area contributed by atoms with Crippen LogP contribution in [0.3, 0.4) is 0 Å². The number of ketones is 1. The van der Waals surface area contributed by atoms with E-state index in [0.29, 0.717) is 6.42 Å². The predicted molar refractivity (Wildman–Crippen MR) is 111 cm³/mol. The van der Waals surface area contributed by atoms with Crippen LogP contribution in [0.4, 0.5) is 4.39 Å². The van der Waals surface area contributed by atoms with Crippen LogP contribution in [0.5, 0.6) is 0 Å². The van der Waals surface area contributed by atoms with Crippen molar-refractivity contribution in [2.45, 2.75) is 45.6 Å². The monoisotopic (exact) mass is 380 g/mol. The van der Waals surface area contributed by atoms with Gasteiger partial charge in [0.2, 0.25) is 0 Å². The minimum absolute atomic E-state index is 0.102. The second-order valence-corrected chi connectivity index (χ2v) is 7.29. The molecule has 1 N–H and O–H groups in total. The third-order valence-corrected chi connectivity index (χ3v) is 4.80. The van der Waals surface area contributed by atoms with E-state index in [1.165, 1.54) is 18.2 Å². The number of carbonyl (C=O) groups is 1. The van der Waals surface area contributed by atoms with E-state index in [1.807, 2.05) is 39.0 Å². The zero-order valence-electron chi connectivity index (χ0n) is 16.4. The van der Waals surface area contributed by atoms with Crippen molar-refractivity contribution in [3.8, 4) is 11.1 Å². The Morgan fingerprint density at radius 2 is 1.89 bits per heavy atom. The van der Waals surface area contributed by atoms with Gasteiger partial charge in [-0.05, 0) is 47.9 Å². The van der Waals surface area contributed by atoms with Crippen LogP contribution in [0, 0.1) is 5.82 Å². The fourth-order valence-corrected chi connectivity index (χ4v) is 3.28. The van der Waals surface area contributed by atoms with Crippen molar-refractivity contribution in [1.82, 2.24) is 0 Å². The molecule has 1 aromatic heterocycles. The molecule has 3 nitrogen and oxygen atoms in total. The highest BCUT2D eigenvalue weighted by Crippen LogP contribution is 2.38. The smallest absolute Gasteiger partial charge is 0.158 e. The lowest BCUT2D eigenvalue weighted by atomic mass is 9.96. The fourth-order valence-electron chi connectivity index (χ4n) is 3.28. The molecule has 0 saturated heterocycles. The van der Waals surface area contributed by atoms with Crippen molar-refractivity contribution in [3.05, 3.63) is 65.7 Å². The van der Waals surface area contributed by atoms with Crippen molar-refractivity contribution >= 4 is 22.8 Å². The number of aliphatic hydroxyl groups is 1. The minimum Gasteiger partial charge on any atom is -0.460 e. The molecule has 0 fully saturated rings. The summed E-state index contributed by atoms with van der Waals surface area (Å²) in [6.07, 6.45) is 3.30. The molecule has 28 heavy (non-hydrogen) atoms. The lowest BCUT2D eigenvalue weighted by Gasteiger charge is -2.06. The molecular weight excluding hydrogens is 355 g/mol. The second-order valence-electron chi connectivity index (χ2n) is 7.29. The topological polar surface area (TPSA) is 50.4 Å². The lowest BCUT2D eigenvalue weighted by molar-refractivity contribution is -0.116. The Morgan fingerprint density at radius 1 is 1.18 bits per heavy atom. The van der Waals surface area contributed by atoms with Gasteiger partial charge in [0.1, 0.15) is 17.2 Å². The van der Waals surface area contributed by atoms with E-state index in [9.17, 15) is 14.3 Å². The van der Waals surface area contributed by atoms with E-state index >= 15 is 0 Å². The summed E-state index contributed by atoms with van der Waals surface area (Å²) in [7, 11) is 0. The molecule has 1 atom stereocenters. The molecule has 0 amide bonds. The quantitative estimate of drug-likeness (QED) is 0.503. The number of allylic oxidation sites excluding steroid dienone is 1. The van der Waals surface area contributed by atoms with E-state index in [4.69, 9.17) is 4.42 Å². The molecule has 2 aromatic carbocycles. The maximum Gasteiger partial charge on any atom is 0.158 e. The minimum atomic E-state index is -0.627. The third-order valence-electron chi connectivity index (χ3n) is 4.80. The van der Waals surface area contributed by atoms with E-state index in [2.05, 4.69) is 0 Å². The predicted octanol–water partition coefficient (Wildman–Crippen LogP) is 6.11. The Bertz CT molecular complexity index is 997. The summed E-state index contributed by atoms with van der Waals surface area (Å²) in [4.78, 5) is 12.2. The van der Waals surface area contributed by atoms with Crippen LogP contribution in [-0.4, -0.2) is 17.0 Å². The first-order chi connectivity index (χ1) is 13.4. The zero-order valence-corrected chi connectivity index (χ0v) is 16.4. The molecule has 1 heterocycles. The van der Waals surface area contributed by atoms with E-state index < -0.39 is 6.10 Å². The van der Waals surface area contributed by atoms with Crippen LogP contribution in [0.1, 0.15) is 50.9 Å². The zero-order chi connectivity index (χ0) is 20.3. The Balaban J connectivity index is 2.12. The summed E-state index contributed by atoms with van der Waals surface area (Å²) in [6.45, 7) is 5.92. The van der Waals surface area contributed by atoms with E-state index in [-0.39, 0.29) is 23.9 Å². The molecule has 0 bridgehead atoms. The van der Waals surface area contributed by atoms with Crippen molar-refractivity contribution < 1.29 is 18.7 Å². The fraction of sp³-hybridized carbons (Fsp3) is 0.292. The molecule has 0 spiro atoms. The second kappa shape index (κ2) is 8.53. The Kier molecular flexibility index (Phi) is 6.10. The molecule has 0 saturated carbocycles. The Hall–Kier alpha value is -2.72. The highest BCUT2D eigenvalue weighted by atomic mass is 19.1. The summed E-state index contributed by atoms with van der Waals surface area (Å²) in [5, 5.41) is 10.6. The van der Waals surface area contributed by atoms with Gasteiger partial charge in [-0.1, -0.05) is 45.0 Å². The van der Waals surface area contributed by atoms with Gasteiger partial charge >= 0.3 is 0 Å². The first-order valence-corrected chi connectivity index (χ1v) is 9.61. The molecular formula is C24H25FO3. The first kappa shape index (κ1) is 20.0. The van der Waals surface area contributed by atoms with Crippen LogP contribution in [0.25, 0.3) is 28.2 Å². The van der Waals surface area contributed by atoms with Crippen molar-refractivity contribution in [3.63, 3.8) is 0 Å². The van der Waals surface area contributed by atoms with Gasteiger partial charge in [-0.25, -0.2) is 4.39 Å². The van der Waals surface area contributed by atoms with Gasteiger partial charge in [0.15, 0.2) is 5.78 Å². The number of hydrogen-bond acceptors (Lipinski definition) is 3. The Labute approximate surface area is 164 Å². The maximum atomic E-state index is 13.4. The molecule has 3 aromatic rings. The summed E-state index contributed by atoms with van der Waals surface area (Å²) in [5.74, 6) is 0.512. The average molecular weight is 380 g/mol. The van der Waals surface area contributed by atoms with Crippen molar-refractivity contribution in [2.24, 2.45) is 0 Å². The number of hydrogen-bond donors (Lipinski definition) is 1. The third kappa shape index (κ3) is 4.23. The number of aliphatic hydroxyl groups excluding tert-OH is 1. The SMILES string of the molecule is CCC(O)CC(=O)C=Cc1c(C(C)C)oc2cccc(-c3ccc(F)cc3)c12. The van der Waals surface area contributed by atoms with Crippen molar-refractivity contribution in [2.75, 3.05) is 0 Å². The molecule has 0 radical (unpaired) electrons. The number of rotatable bonds is 7. The normalized spacial score (nSPS) is 12.9. The highest BCUT2D eigenvalue weighted by molar-refractivity contribution is 6.03. The van der Waals surface area contributed by atoms with Gasteiger partial charge in [0.05, 0.1) is 6.10 Å². The summed E-state index contributed by atoms with van der Waals surface area (Å²) >= 11 is 0. The first-order valence-electron chi connectivity index (χ1n) is 9.61. The van der Waals surface area contributed by atoms with Gasteiger partial charge in [-0.15, -0.1) is 0 Å². The number of benzene rings is 2. The number of halogens is 1. The number of furan rings is 1. The molecule has 0 aliphatic rings. The standard InChI is InChI=1S/C24H25FO3/c1-4-18(26)14-19(27)12-13-21-23-20(16-8-10-17(25)11-9-16)6-5-7-22(23)28-24(21)15(2)3/h5-13,15,18,26H,4,14H2,1-3H3. The molecule has 4 heteroatoms. The molecule has 0 aliphatic carbocycles. The van der Waals surface area contributed by atoms with Gasteiger partial charge < -0.3 is 9.52 Å². The van der Waals surface area contributed by atoms with Crippen LogP contribution in [-0.2, 0) is 4.79 Å². The lowest BCUT2D eigenvalue weighted by Crippen LogP contribution is -2.09. The van der Waals surface area contributed by atoms with Crippen LogP contribution in [0.2, 0.25) is 0 Å². The summed E-state index contributed by atoms with van der Waals surface area (Å²) < 4.78 is 19.5. The summed E-state index contributed by atoms with van der Waals surface area (Å²) in [5.41, 5.74) is 3.38. The molecule has 3 rings (SSSR count). The average Bonchev–Trinajstić information content (AvgIpc) is 3.06. The molecule has 1 unspecified atom stereocenters. The molecule has 0 aliphatic heterocycles. The van der Waals surface area contributed by atoms with E-state index in [0.717, 1.165) is 33.4 Å². The van der Waals surface area contributed by atoms with Crippen LogP contribution in [0.15, 0.2) is 53.0 Å². The molecule has 146 valence electrons. The number of carbonyl (C=O) groups excluding carboxylic acids is 1. The Morgan fingerprint density at radius 3 is 2.54 bits per heavy atom. The van der Waals surface area contributed by atoms with Gasteiger partial charge in [-0.3, -0.25) is 4.79 Å².